The third kappa shape index (κ3) is 3.14. The van der Waals surface area contributed by atoms with Crippen molar-refractivity contribution in [3.63, 3.8) is 0 Å². The van der Waals surface area contributed by atoms with Crippen LogP contribution in [-0.4, -0.2) is 79.9 Å². The molecule has 0 spiro atoms. The lowest BCUT2D eigenvalue weighted by molar-refractivity contribution is 0.100. The lowest BCUT2D eigenvalue weighted by atomic mass is 9.91. The average Bonchev–Trinajstić information content (AvgIpc) is 3.26. The molecule has 4 rings (SSSR count). The van der Waals surface area contributed by atoms with E-state index in [2.05, 4.69) is 39.2 Å². The summed E-state index contributed by atoms with van der Waals surface area (Å²) in [5.41, 5.74) is 0. The van der Waals surface area contributed by atoms with E-state index in [-0.39, 0.29) is 0 Å². The van der Waals surface area contributed by atoms with Gasteiger partial charge in [-0.1, -0.05) is 0 Å². The zero-order chi connectivity index (χ0) is 15.8. The van der Waals surface area contributed by atoms with Crippen molar-refractivity contribution in [1.82, 2.24) is 14.8 Å². The van der Waals surface area contributed by atoms with Crippen LogP contribution in [0.25, 0.3) is 0 Å². The summed E-state index contributed by atoms with van der Waals surface area (Å²) in [6.07, 6.45) is 5.73. The van der Waals surface area contributed by atoms with E-state index in [1.165, 1.54) is 37.5 Å². The first-order valence-corrected chi connectivity index (χ1v) is 9.74. The Morgan fingerprint density at radius 1 is 1.39 bits per heavy atom. The Morgan fingerprint density at radius 2 is 2.30 bits per heavy atom. The van der Waals surface area contributed by atoms with E-state index in [9.17, 15) is 0 Å². The number of likely N-dealkylation sites (N-methyl/N-ethyl adjacent to an activating group) is 1. The summed E-state index contributed by atoms with van der Waals surface area (Å²) >= 11 is 1.80. The van der Waals surface area contributed by atoms with Crippen LogP contribution in [0, 0.1) is 5.92 Å². The molecule has 4 heterocycles. The van der Waals surface area contributed by atoms with E-state index < -0.39 is 0 Å². The molecule has 0 bridgehead atoms. The number of rotatable bonds is 4. The Hall–Kier alpha value is -0.690. The first kappa shape index (κ1) is 15.8. The van der Waals surface area contributed by atoms with Gasteiger partial charge in [0.1, 0.15) is 0 Å². The summed E-state index contributed by atoms with van der Waals surface area (Å²) in [4.78, 5) is 12.3. The molecular formula is C17H28N4OS. The fourth-order valence-corrected chi connectivity index (χ4v) is 5.52. The monoisotopic (exact) mass is 336 g/mol. The van der Waals surface area contributed by atoms with E-state index in [0.29, 0.717) is 18.1 Å². The van der Waals surface area contributed by atoms with Crippen molar-refractivity contribution in [2.24, 2.45) is 5.92 Å². The van der Waals surface area contributed by atoms with Crippen molar-refractivity contribution in [2.75, 3.05) is 51.8 Å². The zero-order valence-electron chi connectivity index (χ0n) is 14.2. The molecule has 5 nitrogen and oxygen atoms in total. The average molecular weight is 337 g/mol. The topological polar surface area (TPSA) is 31.8 Å². The van der Waals surface area contributed by atoms with Crippen LogP contribution in [0.5, 0.6) is 0 Å². The van der Waals surface area contributed by atoms with E-state index in [1.54, 1.807) is 11.3 Å². The minimum Gasteiger partial charge on any atom is -0.380 e. The molecule has 3 fully saturated rings. The first-order chi connectivity index (χ1) is 11.2. The fourth-order valence-electron chi connectivity index (χ4n) is 4.75. The maximum absolute atomic E-state index is 5.61. The molecule has 0 N–H and O–H groups in total. The lowest BCUT2D eigenvalue weighted by Crippen LogP contribution is -2.50. The maximum Gasteiger partial charge on any atom is 0.185 e. The number of ether oxygens (including phenoxy) is 1. The van der Waals surface area contributed by atoms with Crippen LogP contribution >= 0.6 is 11.3 Å². The van der Waals surface area contributed by atoms with Gasteiger partial charge >= 0.3 is 0 Å². The van der Waals surface area contributed by atoms with Crippen molar-refractivity contribution >= 4 is 16.5 Å². The van der Waals surface area contributed by atoms with Crippen LogP contribution in [0.4, 0.5) is 5.13 Å². The molecular weight excluding hydrogens is 308 g/mol. The molecule has 0 amide bonds. The Bertz CT molecular complexity index is 503. The number of hydrogen-bond acceptors (Lipinski definition) is 6. The predicted octanol–water partition coefficient (Wildman–Crippen LogP) is 1.76. The summed E-state index contributed by atoms with van der Waals surface area (Å²) in [5, 5.41) is 3.34. The van der Waals surface area contributed by atoms with Gasteiger partial charge in [0.25, 0.3) is 0 Å². The summed E-state index contributed by atoms with van der Waals surface area (Å²) in [7, 11) is 4.37. The first-order valence-electron chi connectivity index (χ1n) is 8.86. The lowest BCUT2D eigenvalue weighted by Gasteiger charge is -2.40. The standard InChI is InChI=1S/C17H28N4OS/c1-19(2)11-15-9-13-10-20(14-4-7-22-12-14)6-3-16(13)21(15)17-18-5-8-23-17/h5,8,13-16H,3-4,6-7,9-12H2,1-2H3/t13-,14?,15+,16+/m1/s1. The van der Waals surface area contributed by atoms with Crippen LogP contribution in [0.15, 0.2) is 11.6 Å². The van der Waals surface area contributed by atoms with Gasteiger partial charge in [0.2, 0.25) is 0 Å². The summed E-state index contributed by atoms with van der Waals surface area (Å²) in [5.74, 6) is 0.776. The fraction of sp³-hybridized carbons (Fsp3) is 0.824. The van der Waals surface area contributed by atoms with Crippen LogP contribution in [-0.2, 0) is 4.74 Å². The number of nitrogens with zero attached hydrogens (tertiary/aromatic N) is 4. The molecule has 1 aromatic rings. The van der Waals surface area contributed by atoms with Gasteiger partial charge in [0, 0.05) is 55.9 Å². The van der Waals surface area contributed by atoms with Crippen molar-refractivity contribution < 1.29 is 4.74 Å². The highest BCUT2D eigenvalue weighted by Crippen LogP contribution is 2.40. The van der Waals surface area contributed by atoms with Crippen molar-refractivity contribution in [1.29, 1.82) is 0 Å². The number of hydrogen-bond donors (Lipinski definition) is 0. The highest BCUT2D eigenvalue weighted by atomic mass is 32.1. The summed E-state index contributed by atoms with van der Waals surface area (Å²) in [6, 6.07) is 1.94. The highest BCUT2D eigenvalue weighted by Gasteiger charge is 2.45. The third-order valence-corrected chi connectivity index (χ3v) is 6.47. The number of fused-ring (bicyclic) bond motifs is 1. The zero-order valence-corrected chi connectivity index (χ0v) is 15.0. The van der Waals surface area contributed by atoms with Gasteiger partial charge in [0.05, 0.1) is 6.61 Å². The maximum atomic E-state index is 5.61. The molecule has 0 saturated carbocycles. The summed E-state index contributed by atoms with van der Waals surface area (Å²) < 4.78 is 5.61. The molecule has 1 aromatic heterocycles. The van der Waals surface area contributed by atoms with Crippen LogP contribution in [0.2, 0.25) is 0 Å². The molecule has 23 heavy (non-hydrogen) atoms. The second-order valence-corrected chi connectivity index (χ2v) is 8.38. The number of aromatic nitrogens is 1. The van der Waals surface area contributed by atoms with Crippen molar-refractivity contribution in [3.8, 4) is 0 Å². The van der Waals surface area contributed by atoms with Gasteiger partial charge in [-0.3, -0.25) is 4.90 Å². The molecule has 0 aliphatic carbocycles. The molecule has 6 heteroatoms. The van der Waals surface area contributed by atoms with Gasteiger partial charge in [-0.15, -0.1) is 11.3 Å². The molecule has 3 aliphatic rings. The number of anilines is 1. The third-order valence-electron chi connectivity index (χ3n) is 5.69. The predicted molar refractivity (Wildman–Crippen MR) is 94.2 cm³/mol. The smallest absolute Gasteiger partial charge is 0.185 e. The quantitative estimate of drug-likeness (QED) is 0.836. The minimum absolute atomic E-state index is 0.603. The van der Waals surface area contributed by atoms with Crippen LogP contribution < -0.4 is 4.90 Å². The Balaban J connectivity index is 1.50. The number of thiazole rings is 1. The van der Waals surface area contributed by atoms with Gasteiger partial charge in [0.15, 0.2) is 5.13 Å². The molecule has 3 aliphatic heterocycles. The second kappa shape index (κ2) is 6.67. The van der Waals surface area contributed by atoms with Gasteiger partial charge in [-0.05, 0) is 39.3 Å². The van der Waals surface area contributed by atoms with Gasteiger partial charge in [-0.25, -0.2) is 4.98 Å². The SMILES string of the molecule is CN(C)C[C@@H]1C[C@@H]2CN(C3CCOC3)CC[C@@H]2N1c1nccs1. The molecule has 0 radical (unpaired) electrons. The van der Waals surface area contributed by atoms with E-state index in [0.717, 1.165) is 25.7 Å². The second-order valence-electron chi connectivity index (χ2n) is 7.50. The van der Waals surface area contributed by atoms with Crippen molar-refractivity contribution in [2.45, 2.75) is 37.4 Å². The van der Waals surface area contributed by atoms with E-state index in [1.807, 2.05) is 6.20 Å². The Labute approximate surface area is 143 Å². The Kier molecular flexibility index (Phi) is 4.58. The minimum atomic E-state index is 0.603. The van der Waals surface area contributed by atoms with Crippen molar-refractivity contribution in [3.05, 3.63) is 11.6 Å². The van der Waals surface area contributed by atoms with E-state index in [4.69, 9.17) is 4.74 Å². The van der Waals surface area contributed by atoms with Gasteiger partial charge < -0.3 is 14.5 Å². The van der Waals surface area contributed by atoms with Crippen LogP contribution in [0.1, 0.15) is 19.3 Å². The summed E-state index contributed by atoms with van der Waals surface area (Å²) in [6.45, 7) is 5.47. The molecule has 4 atom stereocenters. The molecule has 1 unspecified atom stereocenters. The number of piperidine rings is 1. The van der Waals surface area contributed by atoms with Crippen LogP contribution in [0.3, 0.4) is 0 Å². The Morgan fingerprint density at radius 3 is 3.00 bits per heavy atom. The number of likely N-dealkylation sites (tertiary alicyclic amines) is 1. The molecule has 128 valence electrons. The van der Waals surface area contributed by atoms with E-state index >= 15 is 0 Å². The molecule has 0 aromatic carbocycles. The highest BCUT2D eigenvalue weighted by molar-refractivity contribution is 7.13. The largest absolute Gasteiger partial charge is 0.380 e. The molecule has 3 saturated heterocycles. The normalized spacial score (nSPS) is 35.2. The van der Waals surface area contributed by atoms with Gasteiger partial charge in [-0.2, -0.15) is 0 Å².